The van der Waals surface area contributed by atoms with Gasteiger partial charge in [-0.2, -0.15) is 0 Å². The number of halogens is 1. The van der Waals surface area contributed by atoms with E-state index in [-0.39, 0.29) is 24.4 Å². The van der Waals surface area contributed by atoms with Crippen molar-refractivity contribution in [1.29, 1.82) is 0 Å². The summed E-state index contributed by atoms with van der Waals surface area (Å²) in [7, 11) is 0. The first kappa shape index (κ1) is 16.3. The molecule has 7 heteroatoms. The number of carbonyl (C=O) groups excluding carboxylic acids is 1. The Bertz CT molecular complexity index is 416. The molecule has 1 saturated heterocycles. The zero-order chi connectivity index (χ0) is 13.1. The Morgan fingerprint density at radius 1 is 1.53 bits per heavy atom. The maximum absolute atomic E-state index is 12.2. The highest BCUT2D eigenvalue weighted by Gasteiger charge is 2.29. The second kappa shape index (κ2) is 7.17. The zero-order valence-electron chi connectivity index (χ0n) is 11.5. The van der Waals surface area contributed by atoms with Crippen LogP contribution in [0.5, 0.6) is 0 Å². The van der Waals surface area contributed by atoms with Crippen molar-refractivity contribution in [2.45, 2.75) is 45.7 Å². The predicted octanol–water partition coefficient (Wildman–Crippen LogP) is 1.64. The predicted molar refractivity (Wildman–Crippen MR) is 79.0 cm³/mol. The number of hydrogen-bond acceptors (Lipinski definition) is 5. The van der Waals surface area contributed by atoms with Crippen LogP contribution in [0.2, 0.25) is 0 Å². The second-order valence-corrected chi connectivity index (χ2v) is 5.66. The van der Waals surface area contributed by atoms with Gasteiger partial charge in [0.2, 0.25) is 0 Å². The van der Waals surface area contributed by atoms with Crippen molar-refractivity contribution in [3.63, 3.8) is 0 Å². The number of rotatable bonds is 3. The van der Waals surface area contributed by atoms with Crippen LogP contribution < -0.4 is 10.6 Å². The third kappa shape index (κ3) is 3.64. The molecular formula is C12H21ClN4OS. The highest BCUT2D eigenvalue weighted by atomic mass is 35.5. The lowest BCUT2D eigenvalue weighted by molar-refractivity contribution is 0.0900. The third-order valence-corrected chi connectivity index (χ3v) is 4.38. The Labute approximate surface area is 124 Å². The molecule has 1 aliphatic rings. The number of carbonyl (C=O) groups is 1. The average molecular weight is 305 g/mol. The summed E-state index contributed by atoms with van der Waals surface area (Å²) in [5, 5.41) is 10.5. The van der Waals surface area contributed by atoms with Crippen LogP contribution in [0.25, 0.3) is 0 Å². The summed E-state index contributed by atoms with van der Waals surface area (Å²) < 4.78 is 3.86. The van der Waals surface area contributed by atoms with Gasteiger partial charge < -0.3 is 10.6 Å². The lowest BCUT2D eigenvalue weighted by Crippen LogP contribution is -2.55. The first-order chi connectivity index (χ1) is 8.63. The Morgan fingerprint density at radius 3 is 2.89 bits per heavy atom. The van der Waals surface area contributed by atoms with Gasteiger partial charge in [0.1, 0.15) is 4.88 Å². The van der Waals surface area contributed by atoms with E-state index in [1.807, 2.05) is 6.92 Å². The summed E-state index contributed by atoms with van der Waals surface area (Å²) in [4.78, 5) is 12.9. The Balaban J connectivity index is 0.00000180. The van der Waals surface area contributed by atoms with Crippen molar-refractivity contribution in [2.24, 2.45) is 5.92 Å². The van der Waals surface area contributed by atoms with E-state index in [4.69, 9.17) is 0 Å². The lowest BCUT2D eigenvalue weighted by atomic mass is 9.89. The van der Waals surface area contributed by atoms with Gasteiger partial charge in [-0.1, -0.05) is 18.3 Å². The van der Waals surface area contributed by atoms with Gasteiger partial charge in [0, 0.05) is 12.1 Å². The molecule has 0 aromatic carbocycles. The van der Waals surface area contributed by atoms with E-state index in [1.165, 1.54) is 11.5 Å². The van der Waals surface area contributed by atoms with E-state index < -0.39 is 0 Å². The number of aryl methyl sites for hydroxylation is 1. The van der Waals surface area contributed by atoms with E-state index in [0.29, 0.717) is 16.8 Å². The number of piperidine rings is 1. The van der Waals surface area contributed by atoms with E-state index in [2.05, 4.69) is 34.1 Å². The molecule has 3 unspecified atom stereocenters. The minimum absolute atomic E-state index is 0. The second-order valence-electron chi connectivity index (χ2n) is 4.91. The summed E-state index contributed by atoms with van der Waals surface area (Å²) in [6.45, 7) is 7.32. The Kier molecular flexibility index (Phi) is 6.16. The topological polar surface area (TPSA) is 66.9 Å². The summed E-state index contributed by atoms with van der Waals surface area (Å²) in [6.07, 6.45) is 1.84. The molecule has 1 aliphatic heterocycles. The molecule has 1 aromatic heterocycles. The largest absolute Gasteiger partial charge is 0.347 e. The van der Waals surface area contributed by atoms with Crippen molar-refractivity contribution >= 4 is 29.8 Å². The van der Waals surface area contributed by atoms with Gasteiger partial charge in [-0.05, 0) is 43.8 Å². The third-order valence-electron chi connectivity index (χ3n) is 3.61. The molecule has 0 spiro atoms. The van der Waals surface area contributed by atoms with Crippen LogP contribution in [0.1, 0.15) is 42.6 Å². The molecule has 2 rings (SSSR count). The molecule has 3 atom stereocenters. The molecule has 0 bridgehead atoms. The molecule has 0 saturated carbocycles. The molecule has 108 valence electrons. The van der Waals surface area contributed by atoms with E-state index in [0.717, 1.165) is 25.1 Å². The molecule has 0 radical (unpaired) electrons. The average Bonchev–Trinajstić information content (AvgIpc) is 2.82. The Morgan fingerprint density at radius 2 is 2.26 bits per heavy atom. The molecule has 0 aliphatic carbocycles. The van der Waals surface area contributed by atoms with Crippen LogP contribution >= 0.6 is 23.9 Å². The van der Waals surface area contributed by atoms with Crippen molar-refractivity contribution in [2.75, 3.05) is 6.54 Å². The summed E-state index contributed by atoms with van der Waals surface area (Å²) in [5.41, 5.74) is 0.793. The van der Waals surface area contributed by atoms with Gasteiger partial charge in [-0.15, -0.1) is 17.5 Å². The fourth-order valence-electron chi connectivity index (χ4n) is 2.43. The molecule has 5 nitrogen and oxygen atoms in total. The van der Waals surface area contributed by atoms with Gasteiger partial charge in [0.15, 0.2) is 0 Å². The van der Waals surface area contributed by atoms with Gasteiger partial charge >= 0.3 is 0 Å². The van der Waals surface area contributed by atoms with Crippen LogP contribution in [0.15, 0.2) is 0 Å². The van der Waals surface area contributed by atoms with Crippen molar-refractivity contribution in [1.82, 2.24) is 20.2 Å². The standard InChI is InChI=1S/C12H20N4OS.ClH/c1-4-9-11(18-16-15-9)12(17)14-10-7(2)5-6-13-8(10)3;/h7-8,10,13H,4-6H2,1-3H3,(H,14,17);1H. The van der Waals surface area contributed by atoms with Crippen LogP contribution in [-0.4, -0.2) is 34.1 Å². The SMILES string of the molecule is CCc1nnsc1C(=O)NC1C(C)CCNC1C.Cl. The van der Waals surface area contributed by atoms with Gasteiger partial charge in [-0.3, -0.25) is 4.79 Å². The van der Waals surface area contributed by atoms with Gasteiger partial charge in [0.25, 0.3) is 5.91 Å². The number of amides is 1. The maximum atomic E-state index is 12.2. The van der Waals surface area contributed by atoms with E-state index in [1.54, 1.807) is 0 Å². The van der Waals surface area contributed by atoms with E-state index >= 15 is 0 Å². The first-order valence-corrected chi connectivity index (χ1v) is 7.26. The zero-order valence-corrected chi connectivity index (χ0v) is 13.1. The van der Waals surface area contributed by atoms with Crippen LogP contribution in [0, 0.1) is 5.92 Å². The van der Waals surface area contributed by atoms with Crippen molar-refractivity contribution < 1.29 is 4.79 Å². The van der Waals surface area contributed by atoms with Crippen LogP contribution in [-0.2, 0) is 6.42 Å². The van der Waals surface area contributed by atoms with Crippen LogP contribution in [0.4, 0.5) is 0 Å². The van der Waals surface area contributed by atoms with E-state index in [9.17, 15) is 4.79 Å². The smallest absolute Gasteiger partial charge is 0.265 e. The number of nitrogens with one attached hydrogen (secondary N) is 2. The number of aromatic nitrogens is 2. The van der Waals surface area contributed by atoms with Crippen molar-refractivity contribution in [3.05, 3.63) is 10.6 Å². The number of nitrogens with zero attached hydrogens (tertiary/aromatic N) is 2. The minimum Gasteiger partial charge on any atom is -0.347 e. The molecule has 2 N–H and O–H groups in total. The fraction of sp³-hybridized carbons (Fsp3) is 0.750. The molecule has 1 fully saturated rings. The molecule has 1 amide bonds. The van der Waals surface area contributed by atoms with Gasteiger partial charge in [-0.25, -0.2) is 0 Å². The summed E-state index contributed by atoms with van der Waals surface area (Å²) >= 11 is 1.18. The number of hydrogen-bond donors (Lipinski definition) is 2. The monoisotopic (exact) mass is 304 g/mol. The summed E-state index contributed by atoms with van der Waals surface area (Å²) in [5.74, 6) is 0.463. The quantitative estimate of drug-likeness (QED) is 0.891. The van der Waals surface area contributed by atoms with Gasteiger partial charge in [0.05, 0.1) is 5.69 Å². The fourth-order valence-corrected chi connectivity index (χ4v) is 3.09. The summed E-state index contributed by atoms with van der Waals surface area (Å²) in [6, 6.07) is 0.488. The minimum atomic E-state index is -0.0331. The highest BCUT2D eigenvalue weighted by Crippen LogP contribution is 2.18. The Hall–Kier alpha value is -0.720. The lowest BCUT2D eigenvalue weighted by Gasteiger charge is -2.35. The molecule has 2 heterocycles. The molecule has 19 heavy (non-hydrogen) atoms. The molecular weight excluding hydrogens is 284 g/mol. The van der Waals surface area contributed by atoms with Crippen LogP contribution in [0.3, 0.4) is 0 Å². The maximum Gasteiger partial charge on any atom is 0.265 e. The molecule has 1 aromatic rings. The van der Waals surface area contributed by atoms with Crippen molar-refractivity contribution in [3.8, 4) is 0 Å². The normalized spacial score (nSPS) is 26.6. The first-order valence-electron chi connectivity index (χ1n) is 6.49. The highest BCUT2D eigenvalue weighted by molar-refractivity contribution is 7.08.